The number of fused-ring (bicyclic) bond motifs is 4. The van der Waals surface area contributed by atoms with E-state index in [9.17, 15) is 27.9 Å². The van der Waals surface area contributed by atoms with Gasteiger partial charge in [0.2, 0.25) is 0 Å². The fourth-order valence-electron chi connectivity index (χ4n) is 5.60. The van der Waals surface area contributed by atoms with Crippen molar-refractivity contribution in [3.63, 3.8) is 0 Å². The Morgan fingerprint density at radius 3 is 2.08 bits per heavy atom. The van der Waals surface area contributed by atoms with Crippen molar-refractivity contribution in [2.75, 3.05) is 0 Å². The van der Waals surface area contributed by atoms with E-state index in [1.165, 1.54) is 0 Å². The summed E-state index contributed by atoms with van der Waals surface area (Å²) in [6.45, 7) is 4.06. The third-order valence-electron chi connectivity index (χ3n) is 7.57. The molecule has 6 rings (SSSR count). The van der Waals surface area contributed by atoms with Crippen LogP contribution in [-0.4, -0.2) is 21.6 Å². The van der Waals surface area contributed by atoms with E-state index >= 15 is 0 Å². The van der Waals surface area contributed by atoms with Crippen molar-refractivity contribution in [1.82, 2.24) is 4.57 Å². The maximum absolute atomic E-state index is 13.6. The molecule has 7 heteroatoms. The predicted octanol–water partition coefficient (Wildman–Crippen LogP) is 7.41. The molecule has 0 fully saturated rings. The van der Waals surface area contributed by atoms with Crippen LogP contribution in [0.4, 0.5) is 13.2 Å². The molecule has 4 nitrogen and oxygen atoms in total. The van der Waals surface area contributed by atoms with Gasteiger partial charge in [0.1, 0.15) is 11.3 Å². The Morgan fingerprint density at radius 2 is 1.41 bits per heavy atom. The number of aromatic nitrogens is 1. The molecule has 0 bridgehead atoms. The van der Waals surface area contributed by atoms with E-state index in [2.05, 4.69) is 0 Å². The van der Waals surface area contributed by atoms with Gasteiger partial charge in [-0.1, -0.05) is 80.6 Å². The van der Waals surface area contributed by atoms with Gasteiger partial charge in [0.25, 0.3) is 11.3 Å². The lowest BCUT2D eigenvalue weighted by Crippen LogP contribution is -2.33. The number of Topliss-reactive ketones (excluding diaryl/α,β-unsaturated/α-hetero) is 1. The smallest absolute Gasteiger partial charge is 0.455 e. The lowest BCUT2D eigenvalue weighted by Gasteiger charge is -2.23. The molecule has 0 spiro atoms. The number of benzene rings is 4. The molecule has 0 saturated carbocycles. The second kappa shape index (κ2) is 8.43. The predicted molar refractivity (Wildman–Crippen MR) is 145 cm³/mol. The minimum Gasteiger partial charge on any atom is -0.506 e. The van der Waals surface area contributed by atoms with Crippen molar-refractivity contribution < 1.29 is 23.1 Å². The zero-order chi connectivity index (χ0) is 27.7. The Kier molecular flexibility index (Phi) is 5.33. The van der Waals surface area contributed by atoms with Gasteiger partial charge >= 0.3 is 6.18 Å². The molecular formula is C32H22F3NO3. The number of hydrogen-bond donors (Lipinski definition) is 1. The molecule has 1 aliphatic carbocycles. The second-order valence-electron chi connectivity index (χ2n) is 10.2. The number of hydrogen-bond acceptors (Lipinski definition) is 3. The molecule has 1 aromatic heterocycles. The first-order valence-corrected chi connectivity index (χ1v) is 12.3. The highest BCUT2D eigenvalue weighted by Crippen LogP contribution is 2.50. The van der Waals surface area contributed by atoms with Crippen LogP contribution < -0.4 is 5.56 Å². The van der Waals surface area contributed by atoms with Gasteiger partial charge in [0, 0.05) is 16.5 Å². The van der Waals surface area contributed by atoms with Crippen molar-refractivity contribution in [2.24, 2.45) is 0 Å². The Bertz CT molecular complexity index is 1850. The number of rotatable bonds is 3. The molecule has 39 heavy (non-hydrogen) atoms. The van der Waals surface area contributed by atoms with Gasteiger partial charge in [-0.25, -0.2) is 0 Å². The molecule has 1 N–H and O–H groups in total. The van der Waals surface area contributed by atoms with Crippen LogP contribution in [0.25, 0.3) is 38.8 Å². The van der Waals surface area contributed by atoms with E-state index in [-0.39, 0.29) is 16.6 Å². The van der Waals surface area contributed by atoms with Crippen LogP contribution in [0.5, 0.6) is 5.75 Å². The summed E-state index contributed by atoms with van der Waals surface area (Å²) >= 11 is 0. The normalized spacial score (nSPS) is 13.8. The molecule has 0 atom stereocenters. The van der Waals surface area contributed by atoms with E-state index in [0.29, 0.717) is 0 Å². The van der Waals surface area contributed by atoms with Crippen molar-refractivity contribution >= 4 is 16.7 Å². The Hall–Kier alpha value is -4.65. The van der Waals surface area contributed by atoms with Gasteiger partial charge in [0.05, 0.1) is 5.52 Å². The van der Waals surface area contributed by atoms with Crippen molar-refractivity contribution in [3.8, 4) is 33.7 Å². The second-order valence-corrected chi connectivity index (χ2v) is 10.2. The fraction of sp³-hybridized carbons (Fsp3) is 0.125. The molecule has 4 aromatic carbocycles. The summed E-state index contributed by atoms with van der Waals surface area (Å²) in [5, 5.41) is 11.0. The van der Waals surface area contributed by atoms with Gasteiger partial charge in [-0.15, -0.1) is 0 Å². The fourth-order valence-corrected chi connectivity index (χ4v) is 5.60. The molecule has 194 valence electrons. The average Bonchev–Trinajstić information content (AvgIpc) is 3.14. The number of nitrogens with zero attached hydrogens (tertiary/aromatic N) is 1. The summed E-state index contributed by atoms with van der Waals surface area (Å²) in [7, 11) is 0. The molecule has 0 unspecified atom stereocenters. The number of carbonyl (C=O) groups excluding carboxylic acids is 1. The number of carbonyl (C=O) groups is 1. The van der Waals surface area contributed by atoms with E-state index in [0.717, 1.165) is 37.9 Å². The number of halogens is 3. The molecule has 0 radical (unpaired) electrons. The maximum atomic E-state index is 13.6. The summed E-state index contributed by atoms with van der Waals surface area (Å²) in [6.07, 6.45) is -5.34. The number of aromatic hydroxyl groups is 1. The summed E-state index contributed by atoms with van der Waals surface area (Å²) in [5.41, 5.74) is 2.75. The zero-order valence-electron chi connectivity index (χ0n) is 21.0. The first-order valence-electron chi connectivity index (χ1n) is 12.3. The standard InChI is InChI=1S/C32H22F3NO3/c1-31(2)24-11-7-6-10-21(24)22-16-23-26(17-25(22)31)36(30(39)27(28(23)37)29(38)32(33,34)35)20-14-12-19(13-15-20)18-8-4-3-5-9-18/h3-17,37H,1-2H3. The van der Waals surface area contributed by atoms with Gasteiger partial charge in [-0.05, 0) is 57.6 Å². The average molecular weight is 526 g/mol. The van der Waals surface area contributed by atoms with Crippen LogP contribution in [0.2, 0.25) is 0 Å². The maximum Gasteiger partial charge on any atom is 0.455 e. The van der Waals surface area contributed by atoms with Crippen molar-refractivity contribution in [2.45, 2.75) is 25.4 Å². The molecule has 1 aliphatic rings. The highest BCUT2D eigenvalue weighted by molar-refractivity contribution is 6.07. The van der Waals surface area contributed by atoms with Gasteiger partial charge in [0.15, 0.2) is 0 Å². The molecule has 0 amide bonds. The van der Waals surface area contributed by atoms with Crippen molar-refractivity contribution in [3.05, 3.63) is 118 Å². The molecule has 5 aromatic rings. The van der Waals surface area contributed by atoms with Crippen LogP contribution in [0.15, 0.2) is 95.8 Å². The highest BCUT2D eigenvalue weighted by Gasteiger charge is 2.44. The monoisotopic (exact) mass is 525 g/mol. The van der Waals surface area contributed by atoms with E-state index < -0.39 is 34.2 Å². The number of pyridine rings is 1. The summed E-state index contributed by atoms with van der Waals surface area (Å²) in [5.74, 6) is -3.36. The first kappa shape index (κ1) is 24.7. The SMILES string of the molecule is CC1(C)c2ccccc2-c2cc3c(O)c(C(=O)C(F)(F)F)c(=O)n(-c4ccc(-c5ccccc5)cc4)c3cc21. The van der Waals surface area contributed by atoms with Gasteiger partial charge in [-0.2, -0.15) is 13.2 Å². The lowest BCUT2D eigenvalue weighted by molar-refractivity contribution is -0.0887. The summed E-state index contributed by atoms with van der Waals surface area (Å²) in [6, 6.07) is 27.2. The lowest BCUT2D eigenvalue weighted by atomic mass is 9.82. The van der Waals surface area contributed by atoms with Crippen LogP contribution in [0.3, 0.4) is 0 Å². The Morgan fingerprint density at radius 1 is 0.795 bits per heavy atom. The quantitative estimate of drug-likeness (QED) is 0.250. The van der Waals surface area contributed by atoms with Gasteiger partial charge in [-0.3, -0.25) is 14.2 Å². The van der Waals surface area contributed by atoms with E-state index in [1.54, 1.807) is 36.4 Å². The summed E-state index contributed by atoms with van der Waals surface area (Å²) in [4.78, 5) is 26.0. The van der Waals surface area contributed by atoms with Crippen molar-refractivity contribution in [1.29, 1.82) is 0 Å². The van der Waals surface area contributed by atoms with Crippen LogP contribution in [0, 0.1) is 0 Å². The Labute approximate surface area is 221 Å². The molecule has 1 heterocycles. The third-order valence-corrected chi connectivity index (χ3v) is 7.57. The minimum atomic E-state index is -5.34. The third kappa shape index (κ3) is 3.68. The topological polar surface area (TPSA) is 59.3 Å². The highest BCUT2D eigenvalue weighted by atomic mass is 19.4. The Balaban J connectivity index is 1.68. The van der Waals surface area contributed by atoms with Gasteiger partial charge < -0.3 is 5.11 Å². The number of ketones is 1. The minimum absolute atomic E-state index is 0.0133. The van der Waals surface area contributed by atoms with Crippen LogP contribution in [0.1, 0.15) is 35.3 Å². The first-order chi connectivity index (χ1) is 18.5. The molecule has 0 saturated heterocycles. The molecular weight excluding hydrogens is 503 g/mol. The van der Waals surface area contributed by atoms with E-state index in [1.807, 2.05) is 68.4 Å². The largest absolute Gasteiger partial charge is 0.506 e. The molecule has 0 aliphatic heterocycles. The zero-order valence-corrected chi connectivity index (χ0v) is 21.0. The van der Waals surface area contributed by atoms with Crippen LogP contribution in [-0.2, 0) is 5.41 Å². The van der Waals surface area contributed by atoms with E-state index in [4.69, 9.17) is 0 Å². The number of alkyl halides is 3. The summed E-state index contributed by atoms with van der Waals surface area (Å²) < 4.78 is 41.8. The van der Waals surface area contributed by atoms with Crippen LogP contribution >= 0.6 is 0 Å².